The summed E-state index contributed by atoms with van der Waals surface area (Å²) < 4.78 is 27.6. The van der Waals surface area contributed by atoms with E-state index < -0.39 is 10.0 Å². The van der Waals surface area contributed by atoms with Crippen LogP contribution in [0.1, 0.15) is 44.9 Å². The summed E-state index contributed by atoms with van der Waals surface area (Å²) in [5, 5.41) is 0. The van der Waals surface area contributed by atoms with Gasteiger partial charge in [0.2, 0.25) is 5.91 Å². The number of hydrogen-bond donors (Lipinski definition) is 0. The molecule has 0 atom stereocenters. The second kappa shape index (κ2) is 8.45. The molecule has 0 N–H and O–H groups in total. The molecule has 7 heteroatoms. The zero-order valence-electron chi connectivity index (χ0n) is 14.8. The van der Waals surface area contributed by atoms with Gasteiger partial charge in [-0.05, 0) is 37.8 Å². The lowest BCUT2D eigenvalue weighted by Gasteiger charge is -2.25. The maximum atomic E-state index is 12.8. The van der Waals surface area contributed by atoms with E-state index in [2.05, 4.69) is 0 Å². The third kappa shape index (κ3) is 4.18. The molecule has 0 radical (unpaired) electrons. The maximum Gasteiger partial charge on any atom is 0.252 e. The lowest BCUT2D eigenvalue weighted by Crippen LogP contribution is -2.39. The normalized spacial score (nSPS) is 17.2. The van der Waals surface area contributed by atoms with Gasteiger partial charge in [0.1, 0.15) is 4.21 Å². The molecule has 24 heavy (non-hydrogen) atoms. The van der Waals surface area contributed by atoms with E-state index in [1.165, 1.54) is 11.3 Å². The van der Waals surface area contributed by atoms with E-state index in [1.54, 1.807) is 10.4 Å². The summed E-state index contributed by atoms with van der Waals surface area (Å²) in [4.78, 5) is 15.5. The summed E-state index contributed by atoms with van der Waals surface area (Å²) in [5.41, 5.74) is 0. The van der Waals surface area contributed by atoms with Crippen LogP contribution in [0.3, 0.4) is 0 Å². The average molecular weight is 373 g/mol. The molecule has 1 saturated heterocycles. The van der Waals surface area contributed by atoms with E-state index in [4.69, 9.17) is 0 Å². The molecule has 0 saturated carbocycles. The first-order chi connectivity index (χ1) is 11.4. The van der Waals surface area contributed by atoms with Crippen LogP contribution in [0.25, 0.3) is 0 Å². The van der Waals surface area contributed by atoms with Crippen molar-refractivity contribution in [3.05, 3.63) is 17.0 Å². The largest absolute Gasteiger partial charge is 0.341 e. The van der Waals surface area contributed by atoms with Crippen LogP contribution < -0.4 is 0 Å². The van der Waals surface area contributed by atoms with Gasteiger partial charge in [-0.25, -0.2) is 8.42 Å². The highest BCUT2D eigenvalue weighted by atomic mass is 32.2. The van der Waals surface area contributed by atoms with Crippen LogP contribution in [0.15, 0.2) is 16.3 Å². The third-order valence-electron chi connectivity index (χ3n) is 4.68. The van der Waals surface area contributed by atoms with Gasteiger partial charge < -0.3 is 4.90 Å². The summed E-state index contributed by atoms with van der Waals surface area (Å²) >= 11 is 1.35. The molecule has 0 spiro atoms. The van der Waals surface area contributed by atoms with E-state index in [-0.39, 0.29) is 11.8 Å². The first-order valence-corrected chi connectivity index (χ1v) is 11.1. The smallest absolute Gasteiger partial charge is 0.252 e. The van der Waals surface area contributed by atoms with Crippen LogP contribution in [0.2, 0.25) is 0 Å². The molecule has 5 nitrogen and oxygen atoms in total. The predicted molar refractivity (Wildman–Crippen MR) is 97.7 cm³/mol. The van der Waals surface area contributed by atoms with Crippen LogP contribution in [0, 0.1) is 5.92 Å². The number of aryl methyl sites for hydroxylation is 1. The molecule has 1 aromatic heterocycles. The SMILES string of the molecule is CCc1ccc(S(=O)(=O)N2CCCN(C(=O)C(CC)CC)CC2)s1. The molecule has 1 aliphatic rings. The fourth-order valence-corrected chi connectivity index (χ4v) is 5.98. The Morgan fingerprint density at radius 3 is 2.42 bits per heavy atom. The number of carbonyl (C=O) groups excluding carboxylic acids is 1. The van der Waals surface area contributed by atoms with Crippen molar-refractivity contribution in [2.24, 2.45) is 5.92 Å². The van der Waals surface area contributed by atoms with E-state index in [9.17, 15) is 13.2 Å². The molecule has 0 bridgehead atoms. The van der Waals surface area contributed by atoms with E-state index in [0.717, 1.165) is 24.1 Å². The Balaban J connectivity index is 2.08. The molecule has 0 unspecified atom stereocenters. The Morgan fingerprint density at radius 2 is 1.83 bits per heavy atom. The summed E-state index contributed by atoms with van der Waals surface area (Å²) in [6, 6.07) is 3.59. The minimum Gasteiger partial charge on any atom is -0.341 e. The fraction of sp³-hybridized carbons (Fsp3) is 0.706. The summed E-state index contributed by atoms with van der Waals surface area (Å²) in [6.07, 6.45) is 3.21. The van der Waals surface area contributed by atoms with Crippen LogP contribution in [0.5, 0.6) is 0 Å². The van der Waals surface area contributed by atoms with Gasteiger partial charge in [-0.15, -0.1) is 11.3 Å². The van der Waals surface area contributed by atoms with Crippen LogP contribution in [0.4, 0.5) is 0 Å². The Kier molecular flexibility index (Phi) is 6.83. The highest BCUT2D eigenvalue weighted by molar-refractivity contribution is 7.91. The summed E-state index contributed by atoms with van der Waals surface area (Å²) in [6.45, 7) is 8.08. The minimum absolute atomic E-state index is 0.0533. The molecule has 1 aromatic rings. The van der Waals surface area contributed by atoms with Crippen molar-refractivity contribution in [3.8, 4) is 0 Å². The van der Waals surface area contributed by atoms with Crippen LogP contribution >= 0.6 is 11.3 Å². The highest BCUT2D eigenvalue weighted by Crippen LogP contribution is 2.26. The molecule has 2 rings (SSSR count). The second-order valence-electron chi connectivity index (χ2n) is 6.17. The number of hydrogen-bond acceptors (Lipinski definition) is 4. The number of carbonyl (C=O) groups is 1. The zero-order chi connectivity index (χ0) is 17.7. The molecule has 1 amide bonds. The zero-order valence-corrected chi connectivity index (χ0v) is 16.5. The number of nitrogens with zero attached hydrogens (tertiary/aromatic N) is 2. The average Bonchev–Trinajstić information content (AvgIpc) is 2.93. The van der Waals surface area contributed by atoms with Crippen LogP contribution in [-0.4, -0.2) is 49.7 Å². The molecule has 0 aliphatic carbocycles. The van der Waals surface area contributed by atoms with Crippen molar-refractivity contribution >= 4 is 27.3 Å². The lowest BCUT2D eigenvalue weighted by atomic mass is 10.0. The van der Waals surface area contributed by atoms with Crippen LogP contribution in [-0.2, 0) is 21.2 Å². The van der Waals surface area contributed by atoms with E-state index in [0.29, 0.717) is 36.8 Å². The fourth-order valence-electron chi connectivity index (χ4n) is 3.06. The van der Waals surface area contributed by atoms with Gasteiger partial charge in [0.15, 0.2) is 0 Å². The van der Waals surface area contributed by atoms with Gasteiger partial charge in [0, 0.05) is 37.0 Å². The Bertz CT molecular complexity index is 651. The van der Waals surface area contributed by atoms with Gasteiger partial charge in [-0.2, -0.15) is 4.31 Å². The topological polar surface area (TPSA) is 57.7 Å². The first-order valence-electron chi connectivity index (χ1n) is 8.81. The highest BCUT2D eigenvalue weighted by Gasteiger charge is 2.30. The van der Waals surface area contributed by atoms with Crippen molar-refractivity contribution < 1.29 is 13.2 Å². The Hall–Kier alpha value is -0.920. The second-order valence-corrected chi connectivity index (χ2v) is 9.50. The predicted octanol–water partition coefficient (Wildman–Crippen LogP) is 2.97. The molecule has 1 fully saturated rings. The first kappa shape index (κ1) is 19.4. The van der Waals surface area contributed by atoms with Gasteiger partial charge in [-0.1, -0.05) is 20.8 Å². The molecular formula is C17H28N2O3S2. The van der Waals surface area contributed by atoms with Crippen molar-refractivity contribution in [1.82, 2.24) is 9.21 Å². The molecular weight excluding hydrogens is 344 g/mol. The van der Waals surface area contributed by atoms with Crippen molar-refractivity contribution in [1.29, 1.82) is 0 Å². The molecule has 0 aromatic carbocycles. The monoisotopic (exact) mass is 372 g/mol. The number of amides is 1. The van der Waals surface area contributed by atoms with Crippen molar-refractivity contribution in [2.45, 2.75) is 50.7 Å². The molecule has 2 heterocycles. The van der Waals surface area contributed by atoms with Gasteiger partial charge >= 0.3 is 0 Å². The molecule has 136 valence electrons. The van der Waals surface area contributed by atoms with E-state index in [1.807, 2.05) is 31.7 Å². The Labute approximate surface area is 149 Å². The summed E-state index contributed by atoms with van der Waals surface area (Å²) in [5.74, 6) is 0.223. The van der Waals surface area contributed by atoms with E-state index >= 15 is 0 Å². The van der Waals surface area contributed by atoms with Crippen molar-refractivity contribution in [3.63, 3.8) is 0 Å². The number of rotatable bonds is 6. The quantitative estimate of drug-likeness (QED) is 0.771. The standard InChI is InChI=1S/C17H28N2O3S2/c1-4-14(5-2)17(20)18-10-7-11-19(13-12-18)24(21,22)16-9-8-15(6-3)23-16/h8-9,14H,4-7,10-13H2,1-3H3. The Morgan fingerprint density at radius 1 is 1.12 bits per heavy atom. The number of thiophene rings is 1. The van der Waals surface area contributed by atoms with Gasteiger partial charge in [-0.3, -0.25) is 4.79 Å². The van der Waals surface area contributed by atoms with Gasteiger partial charge in [0.05, 0.1) is 0 Å². The minimum atomic E-state index is -3.44. The van der Waals surface area contributed by atoms with Gasteiger partial charge in [0.25, 0.3) is 10.0 Å². The molecule has 1 aliphatic heterocycles. The maximum absolute atomic E-state index is 12.8. The summed E-state index contributed by atoms with van der Waals surface area (Å²) in [7, 11) is -3.44. The third-order valence-corrected chi connectivity index (χ3v) is 8.28. The van der Waals surface area contributed by atoms with Crippen molar-refractivity contribution in [2.75, 3.05) is 26.2 Å². The lowest BCUT2D eigenvalue weighted by molar-refractivity contribution is -0.135. The number of sulfonamides is 1.